The molecule has 4 rings (SSSR count). The standard InChI is InChI=1S/C35H50O7Si2/c1-33(2,3)43(9,10)41-31-26-15-13-14-16-27(26)32(42-44(11,12)34(4,5)6)35(29(38-8)21-30(36)40-35)28(31)23-39-22-24-17-19-25(37-7)20-18-24/h13-21,32H,22-23H2,1-12H3/t32-,35+/m1/s1. The summed E-state index contributed by atoms with van der Waals surface area (Å²) in [5.74, 6) is 1.36. The molecule has 44 heavy (non-hydrogen) atoms. The second-order valence-electron chi connectivity index (χ2n) is 14.7. The predicted octanol–water partition coefficient (Wildman–Crippen LogP) is 8.55. The van der Waals surface area contributed by atoms with Gasteiger partial charge in [-0.3, -0.25) is 0 Å². The molecule has 1 heterocycles. The van der Waals surface area contributed by atoms with Gasteiger partial charge in [0.15, 0.2) is 14.1 Å². The van der Waals surface area contributed by atoms with Crippen molar-refractivity contribution in [2.45, 2.75) is 96.1 Å². The maximum atomic E-state index is 13.2. The lowest BCUT2D eigenvalue weighted by molar-refractivity contribution is -0.154. The second kappa shape index (κ2) is 12.2. The third kappa shape index (κ3) is 6.29. The first kappa shape index (κ1) is 34.0. The number of hydrogen-bond donors (Lipinski definition) is 0. The van der Waals surface area contributed by atoms with Crippen molar-refractivity contribution < 1.29 is 32.6 Å². The highest BCUT2D eigenvalue weighted by Crippen LogP contribution is 2.57. The summed E-state index contributed by atoms with van der Waals surface area (Å²) in [6.07, 6.45) is 0.771. The number of ether oxygens (including phenoxy) is 4. The van der Waals surface area contributed by atoms with Crippen molar-refractivity contribution in [3.63, 3.8) is 0 Å². The third-order valence-electron chi connectivity index (χ3n) is 9.73. The van der Waals surface area contributed by atoms with E-state index in [-0.39, 0.29) is 16.7 Å². The van der Waals surface area contributed by atoms with Crippen LogP contribution in [-0.4, -0.2) is 49.0 Å². The molecule has 0 unspecified atom stereocenters. The highest BCUT2D eigenvalue weighted by molar-refractivity contribution is 6.75. The van der Waals surface area contributed by atoms with Crippen LogP contribution < -0.4 is 4.74 Å². The zero-order valence-electron chi connectivity index (χ0n) is 28.5. The van der Waals surface area contributed by atoms with Gasteiger partial charge >= 0.3 is 5.97 Å². The molecule has 2 aliphatic rings. The van der Waals surface area contributed by atoms with Gasteiger partial charge in [0.2, 0.25) is 5.60 Å². The molecule has 0 saturated carbocycles. The van der Waals surface area contributed by atoms with Crippen molar-refractivity contribution in [3.05, 3.63) is 82.6 Å². The minimum absolute atomic E-state index is 0.0854. The topological polar surface area (TPSA) is 72.5 Å². The van der Waals surface area contributed by atoms with E-state index in [1.807, 2.05) is 36.4 Å². The van der Waals surface area contributed by atoms with Gasteiger partial charge in [0.1, 0.15) is 17.6 Å². The van der Waals surface area contributed by atoms with E-state index in [1.54, 1.807) is 14.2 Å². The summed E-state index contributed by atoms with van der Waals surface area (Å²) in [4.78, 5) is 13.2. The van der Waals surface area contributed by atoms with Gasteiger partial charge in [-0.25, -0.2) is 4.79 Å². The van der Waals surface area contributed by atoms with Crippen LogP contribution in [0.4, 0.5) is 0 Å². The van der Waals surface area contributed by atoms with E-state index in [1.165, 1.54) is 6.08 Å². The molecule has 1 aliphatic heterocycles. The molecule has 7 nitrogen and oxygen atoms in total. The molecule has 0 amide bonds. The largest absolute Gasteiger partial charge is 0.543 e. The van der Waals surface area contributed by atoms with E-state index in [9.17, 15) is 4.79 Å². The summed E-state index contributed by atoms with van der Waals surface area (Å²) >= 11 is 0. The lowest BCUT2D eigenvalue weighted by Crippen LogP contribution is -2.53. The Morgan fingerprint density at radius 3 is 2.00 bits per heavy atom. The van der Waals surface area contributed by atoms with E-state index in [2.05, 4.69) is 79.9 Å². The van der Waals surface area contributed by atoms with Crippen LogP contribution in [-0.2, 0) is 34.5 Å². The van der Waals surface area contributed by atoms with Crippen LogP contribution in [0.1, 0.15) is 64.3 Å². The lowest BCUT2D eigenvalue weighted by atomic mass is 9.75. The molecule has 240 valence electrons. The normalized spacial score (nSPS) is 20.8. The van der Waals surface area contributed by atoms with Crippen LogP contribution in [0.15, 0.2) is 65.9 Å². The summed E-state index contributed by atoms with van der Waals surface area (Å²) in [7, 11) is -1.59. The lowest BCUT2D eigenvalue weighted by Gasteiger charge is -2.49. The van der Waals surface area contributed by atoms with Crippen LogP contribution >= 0.6 is 0 Å². The molecule has 1 aliphatic carbocycles. The summed E-state index contributed by atoms with van der Waals surface area (Å²) < 4.78 is 38.6. The molecule has 0 fully saturated rings. The number of rotatable bonds is 10. The molecule has 9 heteroatoms. The molecule has 0 aromatic heterocycles. The van der Waals surface area contributed by atoms with Gasteiger partial charge in [0.25, 0.3) is 8.32 Å². The van der Waals surface area contributed by atoms with Crippen molar-refractivity contribution in [2.75, 3.05) is 20.8 Å². The fourth-order valence-corrected chi connectivity index (χ4v) is 7.29. The van der Waals surface area contributed by atoms with Crippen molar-refractivity contribution in [2.24, 2.45) is 0 Å². The van der Waals surface area contributed by atoms with Gasteiger partial charge in [0, 0.05) is 5.56 Å². The molecular weight excluding hydrogens is 589 g/mol. The van der Waals surface area contributed by atoms with Crippen molar-refractivity contribution in [3.8, 4) is 5.75 Å². The number of carbonyl (C=O) groups is 1. The molecule has 0 radical (unpaired) electrons. The van der Waals surface area contributed by atoms with Gasteiger partial charge in [-0.15, -0.1) is 0 Å². The number of carbonyl (C=O) groups excluding carboxylic acids is 1. The Bertz CT molecular complexity index is 1430. The van der Waals surface area contributed by atoms with Crippen LogP contribution in [0.25, 0.3) is 5.76 Å². The SMILES string of the molecule is COC1=CC(=O)O[C@@]12C(COCc1ccc(OC)cc1)=C(O[Si](C)(C)C(C)(C)C)c1ccccc1[C@H]2O[Si](C)(C)C(C)(C)C. The van der Waals surface area contributed by atoms with Crippen LogP contribution in [0, 0.1) is 0 Å². The van der Waals surface area contributed by atoms with Gasteiger partial charge in [-0.2, -0.15) is 0 Å². The Balaban J connectivity index is 1.95. The monoisotopic (exact) mass is 638 g/mol. The molecule has 2 atom stereocenters. The van der Waals surface area contributed by atoms with E-state index < -0.39 is 34.3 Å². The minimum atomic E-state index is -2.42. The number of hydrogen-bond acceptors (Lipinski definition) is 7. The Kier molecular flexibility index (Phi) is 9.40. The highest BCUT2D eigenvalue weighted by atomic mass is 28.4. The molecular formula is C35H50O7Si2. The van der Waals surface area contributed by atoms with Crippen molar-refractivity contribution in [1.82, 2.24) is 0 Å². The Hall–Kier alpha value is -2.86. The maximum Gasteiger partial charge on any atom is 0.335 e. The van der Waals surface area contributed by atoms with Crippen molar-refractivity contribution in [1.29, 1.82) is 0 Å². The third-order valence-corrected chi connectivity index (χ3v) is 18.5. The smallest absolute Gasteiger partial charge is 0.335 e. The summed E-state index contributed by atoms with van der Waals surface area (Å²) in [5.41, 5.74) is 2.12. The Labute approximate surface area is 265 Å². The van der Waals surface area contributed by atoms with E-state index in [0.717, 1.165) is 22.4 Å². The summed E-state index contributed by atoms with van der Waals surface area (Å²) in [5, 5.41) is -0.187. The van der Waals surface area contributed by atoms with Gasteiger partial charge in [-0.1, -0.05) is 77.9 Å². The minimum Gasteiger partial charge on any atom is -0.543 e. The zero-order valence-corrected chi connectivity index (χ0v) is 30.5. The van der Waals surface area contributed by atoms with Crippen LogP contribution in [0.5, 0.6) is 5.75 Å². The fourth-order valence-electron chi connectivity index (χ4n) is 5.01. The van der Waals surface area contributed by atoms with Gasteiger partial charge < -0.3 is 27.8 Å². The van der Waals surface area contributed by atoms with Crippen molar-refractivity contribution >= 4 is 28.4 Å². The maximum absolute atomic E-state index is 13.2. The van der Waals surface area contributed by atoms with Crippen LogP contribution in [0.2, 0.25) is 36.3 Å². The van der Waals surface area contributed by atoms with E-state index >= 15 is 0 Å². The highest BCUT2D eigenvalue weighted by Gasteiger charge is 2.61. The van der Waals surface area contributed by atoms with E-state index in [0.29, 0.717) is 23.7 Å². The van der Waals surface area contributed by atoms with Gasteiger partial charge in [-0.05, 0) is 59.5 Å². The predicted molar refractivity (Wildman–Crippen MR) is 179 cm³/mol. The number of methoxy groups -OCH3 is 2. The number of benzene rings is 2. The molecule has 2 aromatic carbocycles. The van der Waals surface area contributed by atoms with Crippen LogP contribution in [0.3, 0.4) is 0 Å². The quantitative estimate of drug-likeness (QED) is 0.191. The average molecular weight is 639 g/mol. The first-order chi connectivity index (χ1) is 20.4. The number of esters is 1. The average Bonchev–Trinajstić information content (AvgIpc) is 3.27. The Morgan fingerprint density at radius 1 is 0.818 bits per heavy atom. The molecule has 1 spiro atoms. The fraction of sp³-hybridized carbons (Fsp3) is 0.514. The molecule has 0 saturated heterocycles. The Morgan fingerprint density at radius 2 is 1.43 bits per heavy atom. The summed E-state index contributed by atoms with van der Waals surface area (Å²) in [6.45, 7) is 22.6. The first-order valence-electron chi connectivity index (χ1n) is 15.3. The zero-order chi connectivity index (χ0) is 32.7. The van der Waals surface area contributed by atoms with Gasteiger partial charge in [0.05, 0.1) is 39.1 Å². The second-order valence-corrected chi connectivity index (χ2v) is 24.2. The summed E-state index contributed by atoms with van der Waals surface area (Å²) in [6, 6.07) is 15.9. The number of fused-ring (bicyclic) bond motifs is 1. The van der Waals surface area contributed by atoms with E-state index in [4.69, 9.17) is 27.8 Å². The molecule has 0 bridgehead atoms. The molecule has 2 aromatic rings. The molecule has 0 N–H and O–H groups in total. The first-order valence-corrected chi connectivity index (χ1v) is 21.1.